The summed E-state index contributed by atoms with van der Waals surface area (Å²) < 4.78 is 15.0. The average Bonchev–Trinajstić information content (AvgIpc) is 3.21. The first-order valence-electron chi connectivity index (χ1n) is 7.81. The third kappa shape index (κ3) is 3.50. The Bertz CT molecular complexity index is 621. The molecule has 2 rings (SSSR count). The molecule has 1 aliphatic rings. The molecular weight excluding hydrogens is 314 g/mol. The van der Waals surface area contributed by atoms with E-state index in [0.717, 1.165) is 0 Å². The summed E-state index contributed by atoms with van der Waals surface area (Å²) in [5.74, 6) is -0.333. The number of Topliss-reactive ketones (excluding diaryl/α,β-unsaturated/α-hetero) is 1. The molecule has 0 saturated heterocycles. The summed E-state index contributed by atoms with van der Waals surface area (Å²) in [7, 11) is 1.22. The molecule has 1 N–H and O–H groups in total. The number of carbonyl (C=O) groups is 3. The van der Waals surface area contributed by atoms with Crippen molar-refractivity contribution in [3.63, 3.8) is 0 Å². The second-order valence-corrected chi connectivity index (χ2v) is 5.46. The molecule has 0 aliphatic heterocycles. The largest absolute Gasteiger partial charge is 0.465 e. The van der Waals surface area contributed by atoms with Crippen LogP contribution >= 0.6 is 0 Å². The van der Waals surface area contributed by atoms with Crippen molar-refractivity contribution in [3.8, 4) is 0 Å². The molecule has 1 heterocycles. The second kappa shape index (κ2) is 7.81. The normalized spacial score (nSPS) is 21.7. The standard InChI is InChI=1S/C17H21NO6/c1-3-23-15(20)17(10-4-7-14(17)19)13(18-16(21)22-2)9-8-12-6-5-11-24-12/h5-6,8-9,11,13H,3-4,7,10H2,1-2H3,(H,18,21)/b9-8+/t13?,17-/m0/s1. The first-order chi connectivity index (χ1) is 11.5. The number of alkyl carbamates (subject to hydrolysis) is 1. The fraction of sp³-hybridized carbons (Fsp3) is 0.471. The van der Waals surface area contributed by atoms with Gasteiger partial charge in [0.25, 0.3) is 0 Å². The number of rotatable bonds is 6. The summed E-state index contributed by atoms with van der Waals surface area (Å²) in [6, 6.07) is 2.55. The van der Waals surface area contributed by atoms with E-state index in [1.54, 1.807) is 31.2 Å². The van der Waals surface area contributed by atoms with Crippen molar-refractivity contribution < 1.29 is 28.3 Å². The Balaban J connectivity index is 2.38. The minimum Gasteiger partial charge on any atom is -0.465 e. The zero-order chi connectivity index (χ0) is 17.6. The third-order valence-corrected chi connectivity index (χ3v) is 4.10. The van der Waals surface area contributed by atoms with E-state index in [0.29, 0.717) is 18.6 Å². The van der Waals surface area contributed by atoms with E-state index >= 15 is 0 Å². The van der Waals surface area contributed by atoms with Crippen molar-refractivity contribution in [1.82, 2.24) is 5.32 Å². The van der Waals surface area contributed by atoms with Crippen LogP contribution in [0.1, 0.15) is 31.9 Å². The quantitative estimate of drug-likeness (QED) is 0.633. The molecule has 0 spiro atoms. The molecule has 1 aliphatic carbocycles. The molecule has 1 saturated carbocycles. The number of ether oxygens (including phenoxy) is 2. The number of hydrogen-bond acceptors (Lipinski definition) is 6. The van der Waals surface area contributed by atoms with Gasteiger partial charge in [-0.2, -0.15) is 0 Å². The highest BCUT2D eigenvalue weighted by Crippen LogP contribution is 2.40. The van der Waals surface area contributed by atoms with Gasteiger partial charge >= 0.3 is 12.1 Å². The lowest BCUT2D eigenvalue weighted by Crippen LogP contribution is -2.54. The SMILES string of the molecule is CCOC(=O)[C@]1(C(/C=C/c2ccco2)NC(=O)OC)CCCC1=O. The summed E-state index contributed by atoms with van der Waals surface area (Å²) in [5.41, 5.74) is -1.44. The summed E-state index contributed by atoms with van der Waals surface area (Å²) in [5, 5.41) is 2.57. The van der Waals surface area contributed by atoms with Crippen LogP contribution in [0.3, 0.4) is 0 Å². The molecule has 1 amide bonds. The topological polar surface area (TPSA) is 94.8 Å². The number of nitrogens with one attached hydrogen (secondary N) is 1. The zero-order valence-corrected chi connectivity index (χ0v) is 13.7. The molecule has 130 valence electrons. The second-order valence-electron chi connectivity index (χ2n) is 5.46. The van der Waals surface area contributed by atoms with Crippen LogP contribution in [-0.4, -0.2) is 37.6 Å². The lowest BCUT2D eigenvalue weighted by Gasteiger charge is -2.32. The van der Waals surface area contributed by atoms with E-state index in [-0.39, 0.29) is 18.8 Å². The predicted octanol–water partition coefficient (Wildman–Crippen LogP) is 2.32. The van der Waals surface area contributed by atoms with Crippen LogP contribution in [0.15, 0.2) is 28.9 Å². The number of esters is 1. The summed E-state index contributed by atoms with van der Waals surface area (Å²) in [6.45, 7) is 1.83. The molecule has 7 heteroatoms. The third-order valence-electron chi connectivity index (χ3n) is 4.10. The van der Waals surface area contributed by atoms with Gasteiger partial charge in [-0.25, -0.2) is 4.79 Å². The number of ketones is 1. The molecule has 1 aromatic heterocycles. The van der Waals surface area contributed by atoms with Crippen LogP contribution in [-0.2, 0) is 19.1 Å². The number of methoxy groups -OCH3 is 1. The Morgan fingerprint density at radius 2 is 2.29 bits per heavy atom. The molecule has 0 aromatic carbocycles. The molecule has 0 bridgehead atoms. The fourth-order valence-electron chi connectivity index (χ4n) is 2.92. The van der Waals surface area contributed by atoms with Gasteiger partial charge in [0, 0.05) is 6.42 Å². The van der Waals surface area contributed by atoms with Crippen molar-refractivity contribution in [2.75, 3.05) is 13.7 Å². The van der Waals surface area contributed by atoms with E-state index in [9.17, 15) is 14.4 Å². The van der Waals surface area contributed by atoms with Crippen LogP contribution in [0.5, 0.6) is 0 Å². The van der Waals surface area contributed by atoms with Crippen molar-refractivity contribution in [2.45, 2.75) is 32.2 Å². The predicted molar refractivity (Wildman–Crippen MR) is 85.0 cm³/mol. The molecular formula is C17H21NO6. The van der Waals surface area contributed by atoms with E-state index in [1.165, 1.54) is 13.4 Å². The van der Waals surface area contributed by atoms with Gasteiger partial charge in [0.1, 0.15) is 11.2 Å². The maximum atomic E-state index is 12.6. The van der Waals surface area contributed by atoms with Gasteiger partial charge < -0.3 is 19.2 Å². The summed E-state index contributed by atoms with van der Waals surface area (Å²) >= 11 is 0. The lowest BCUT2D eigenvalue weighted by atomic mass is 9.77. The smallest absolute Gasteiger partial charge is 0.407 e. The highest BCUT2D eigenvalue weighted by molar-refractivity contribution is 6.06. The van der Waals surface area contributed by atoms with Crippen LogP contribution < -0.4 is 5.32 Å². The monoisotopic (exact) mass is 335 g/mol. The molecule has 1 aromatic rings. The minimum absolute atomic E-state index is 0.153. The molecule has 7 nitrogen and oxygen atoms in total. The van der Waals surface area contributed by atoms with Crippen molar-refractivity contribution in [2.24, 2.45) is 5.41 Å². The fourth-order valence-corrected chi connectivity index (χ4v) is 2.92. The Kier molecular flexibility index (Phi) is 5.78. The molecule has 2 atom stereocenters. The van der Waals surface area contributed by atoms with E-state index in [4.69, 9.17) is 9.15 Å². The van der Waals surface area contributed by atoms with E-state index < -0.39 is 23.5 Å². The first kappa shape index (κ1) is 17.8. The molecule has 0 radical (unpaired) electrons. The van der Waals surface area contributed by atoms with Crippen molar-refractivity contribution in [1.29, 1.82) is 0 Å². The summed E-state index contributed by atoms with van der Waals surface area (Å²) in [6.07, 6.45) is 5.08. The van der Waals surface area contributed by atoms with E-state index in [2.05, 4.69) is 10.1 Å². The Labute approximate surface area is 140 Å². The van der Waals surface area contributed by atoms with Gasteiger partial charge in [0.05, 0.1) is 26.0 Å². The van der Waals surface area contributed by atoms with E-state index in [1.807, 2.05) is 0 Å². The highest BCUT2D eigenvalue weighted by atomic mass is 16.5. The van der Waals surface area contributed by atoms with Crippen LogP contribution in [0.2, 0.25) is 0 Å². The number of furan rings is 1. The van der Waals surface area contributed by atoms with Gasteiger partial charge in [-0.15, -0.1) is 0 Å². The Hall–Kier alpha value is -2.57. The number of hydrogen-bond donors (Lipinski definition) is 1. The van der Waals surface area contributed by atoms with Gasteiger partial charge in [0.15, 0.2) is 5.78 Å². The lowest BCUT2D eigenvalue weighted by molar-refractivity contribution is -0.159. The van der Waals surface area contributed by atoms with Gasteiger partial charge in [-0.3, -0.25) is 9.59 Å². The van der Waals surface area contributed by atoms with Crippen molar-refractivity contribution >= 4 is 23.9 Å². The molecule has 24 heavy (non-hydrogen) atoms. The zero-order valence-electron chi connectivity index (χ0n) is 13.7. The Morgan fingerprint density at radius 3 is 2.83 bits per heavy atom. The van der Waals surface area contributed by atoms with Gasteiger partial charge in [-0.05, 0) is 38.0 Å². The molecule has 1 unspecified atom stereocenters. The van der Waals surface area contributed by atoms with Crippen LogP contribution in [0, 0.1) is 5.41 Å². The highest BCUT2D eigenvalue weighted by Gasteiger charge is 2.55. The Morgan fingerprint density at radius 1 is 1.50 bits per heavy atom. The van der Waals surface area contributed by atoms with Crippen molar-refractivity contribution in [3.05, 3.63) is 30.2 Å². The molecule has 1 fully saturated rings. The maximum absolute atomic E-state index is 12.6. The average molecular weight is 335 g/mol. The van der Waals surface area contributed by atoms with Gasteiger partial charge in [0.2, 0.25) is 0 Å². The number of carbonyl (C=O) groups excluding carboxylic acids is 3. The maximum Gasteiger partial charge on any atom is 0.407 e. The van der Waals surface area contributed by atoms with Crippen LogP contribution in [0.4, 0.5) is 4.79 Å². The first-order valence-corrected chi connectivity index (χ1v) is 7.81. The number of amides is 1. The summed E-state index contributed by atoms with van der Waals surface area (Å²) in [4.78, 5) is 36.8. The van der Waals surface area contributed by atoms with Crippen LogP contribution in [0.25, 0.3) is 6.08 Å². The van der Waals surface area contributed by atoms with Gasteiger partial charge in [-0.1, -0.05) is 6.08 Å². The minimum atomic E-state index is -1.44.